The Hall–Kier alpha value is -4.23. The molecular weight excluding hydrogens is 460 g/mol. The second-order valence-electron chi connectivity index (χ2n) is 8.18. The molecule has 1 aromatic heterocycles. The minimum absolute atomic E-state index is 0.00836. The zero-order chi connectivity index (χ0) is 24.4. The number of imidazole rings is 1. The number of aromatic nitrogens is 2. The predicted molar refractivity (Wildman–Crippen MR) is 133 cm³/mol. The van der Waals surface area contributed by atoms with Crippen molar-refractivity contribution in [2.24, 2.45) is 0 Å². The fourth-order valence-corrected chi connectivity index (χ4v) is 5.20. The van der Waals surface area contributed by atoms with Crippen LogP contribution in [-0.2, 0) is 21.1 Å². The van der Waals surface area contributed by atoms with Crippen LogP contribution in [0, 0.1) is 6.92 Å². The summed E-state index contributed by atoms with van der Waals surface area (Å²) in [5.41, 5.74) is 2.35. The number of ether oxygens (including phenoxy) is 1. The highest BCUT2D eigenvalue weighted by Crippen LogP contribution is 2.33. The van der Waals surface area contributed by atoms with Gasteiger partial charge in [0.2, 0.25) is 20.7 Å². The van der Waals surface area contributed by atoms with E-state index in [1.807, 2.05) is 79.7 Å². The molecule has 5 rings (SSSR count). The molecule has 0 saturated carbocycles. The van der Waals surface area contributed by atoms with Gasteiger partial charge < -0.3 is 4.74 Å². The fraction of sp³-hybridized carbons (Fsp3) is 0.0714. The maximum absolute atomic E-state index is 13.5. The van der Waals surface area contributed by atoms with Crippen molar-refractivity contribution in [3.8, 4) is 11.6 Å². The molecule has 0 spiro atoms. The highest BCUT2D eigenvalue weighted by Gasteiger charge is 2.30. The van der Waals surface area contributed by atoms with Crippen LogP contribution in [0.1, 0.15) is 11.1 Å². The quantitative estimate of drug-likeness (QED) is 0.306. The Balaban J connectivity index is 1.64. The highest BCUT2D eigenvalue weighted by molar-refractivity contribution is 7.91. The summed E-state index contributed by atoms with van der Waals surface area (Å²) in [4.78, 5) is 17.2. The number of carbonyl (C=O) groups excluding carboxylic acids is 1. The van der Waals surface area contributed by atoms with Crippen LogP contribution in [0.2, 0.25) is 0 Å². The molecule has 0 unspecified atom stereocenters. The van der Waals surface area contributed by atoms with Crippen LogP contribution >= 0.6 is 0 Å². The van der Waals surface area contributed by atoms with E-state index in [1.54, 1.807) is 12.1 Å². The van der Waals surface area contributed by atoms with Gasteiger partial charge in [0.15, 0.2) is 0 Å². The zero-order valence-corrected chi connectivity index (χ0v) is 19.8. The molecule has 0 N–H and O–H groups in total. The molecule has 5 aromatic rings. The molecule has 7 heteroatoms. The van der Waals surface area contributed by atoms with Crippen LogP contribution < -0.4 is 4.74 Å². The van der Waals surface area contributed by atoms with Crippen LogP contribution in [0.15, 0.2) is 113 Å². The lowest BCUT2D eigenvalue weighted by Crippen LogP contribution is -2.16. The normalized spacial score (nSPS) is 11.5. The lowest BCUT2D eigenvalue weighted by Gasteiger charge is -2.13. The fourth-order valence-electron chi connectivity index (χ4n) is 3.92. The molecule has 0 aliphatic rings. The van der Waals surface area contributed by atoms with Crippen molar-refractivity contribution in [2.45, 2.75) is 23.3 Å². The van der Waals surface area contributed by atoms with Gasteiger partial charge in [-0.05, 0) is 36.1 Å². The molecule has 0 aliphatic heterocycles. The van der Waals surface area contributed by atoms with E-state index in [0.717, 1.165) is 21.9 Å². The molecule has 6 nitrogen and oxygen atoms in total. The van der Waals surface area contributed by atoms with Crippen LogP contribution in [0.4, 0.5) is 0 Å². The Morgan fingerprint density at radius 2 is 1.54 bits per heavy atom. The molecule has 0 radical (unpaired) electrons. The lowest BCUT2D eigenvalue weighted by atomic mass is 10.1. The molecule has 0 fully saturated rings. The monoisotopic (exact) mass is 482 g/mol. The topological polar surface area (TPSA) is 78.3 Å². The van der Waals surface area contributed by atoms with Crippen molar-refractivity contribution in [1.82, 2.24) is 9.55 Å². The van der Waals surface area contributed by atoms with Crippen molar-refractivity contribution in [2.75, 3.05) is 0 Å². The van der Waals surface area contributed by atoms with Crippen molar-refractivity contribution in [1.29, 1.82) is 0 Å². The van der Waals surface area contributed by atoms with Gasteiger partial charge in [-0.2, -0.15) is 0 Å². The van der Waals surface area contributed by atoms with E-state index < -0.39 is 15.8 Å². The molecular formula is C28H22N2O4S. The van der Waals surface area contributed by atoms with Gasteiger partial charge in [-0.15, -0.1) is 0 Å². The standard InChI is InChI=1S/C28H22N2O4S/c1-20-14-16-23(17-15-20)35(32,33)27-28(34-26(31)18-21-8-3-2-4-9-21)30(19-29-27)25-13-7-11-22-10-5-6-12-24(22)25/h2-17,19H,18H2,1H3. The second kappa shape index (κ2) is 9.19. The molecule has 0 amide bonds. The summed E-state index contributed by atoms with van der Waals surface area (Å²) < 4.78 is 34.4. The Morgan fingerprint density at radius 3 is 2.31 bits per heavy atom. The smallest absolute Gasteiger partial charge is 0.317 e. The average molecular weight is 483 g/mol. The van der Waals surface area contributed by atoms with Crippen molar-refractivity contribution < 1.29 is 17.9 Å². The first-order valence-corrected chi connectivity index (χ1v) is 12.5. The van der Waals surface area contributed by atoms with Crippen LogP contribution in [0.3, 0.4) is 0 Å². The zero-order valence-electron chi connectivity index (χ0n) is 19.0. The van der Waals surface area contributed by atoms with E-state index in [-0.39, 0.29) is 22.2 Å². The minimum atomic E-state index is -4.05. The van der Waals surface area contributed by atoms with E-state index >= 15 is 0 Å². The molecule has 0 atom stereocenters. The van der Waals surface area contributed by atoms with Gasteiger partial charge in [0.1, 0.15) is 6.33 Å². The van der Waals surface area contributed by atoms with Gasteiger partial charge in [-0.3, -0.25) is 9.36 Å². The molecule has 0 bridgehead atoms. The third-order valence-corrected chi connectivity index (χ3v) is 7.39. The largest absolute Gasteiger partial charge is 0.405 e. The first kappa shape index (κ1) is 22.6. The third kappa shape index (κ3) is 4.46. The molecule has 4 aromatic carbocycles. The van der Waals surface area contributed by atoms with Crippen molar-refractivity contribution in [3.05, 3.63) is 115 Å². The van der Waals surface area contributed by atoms with Crippen LogP contribution in [0.5, 0.6) is 5.88 Å². The minimum Gasteiger partial charge on any atom is -0.405 e. The van der Waals surface area contributed by atoms with E-state index in [0.29, 0.717) is 5.69 Å². The maximum Gasteiger partial charge on any atom is 0.317 e. The number of esters is 1. The van der Waals surface area contributed by atoms with Gasteiger partial charge in [-0.25, -0.2) is 13.4 Å². The first-order valence-electron chi connectivity index (χ1n) is 11.1. The van der Waals surface area contributed by atoms with Gasteiger partial charge in [-0.1, -0.05) is 84.4 Å². The number of rotatable bonds is 6. The number of hydrogen-bond acceptors (Lipinski definition) is 5. The van der Waals surface area contributed by atoms with Crippen LogP contribution in [0.25, 0.3) is 16.5 Å². The van der Waals surface area contributed by atoms with Crippen molar-refractivity contribution in [3.63, 3.8) is 0 Å². The molecule has 0 aliphatic carbocycles. The first-order chi connectivity index (χ1) is 16.9. The number of hydrogen-bond donors (Lipinski definition) is 0. The molecule has 1 heterocycles. The summed E-state index contributed by atoms with van der Waals surface area (Å²) in [7, 11) is -4.05. The number of carbonyl (C=O) groups is 1. The van der Waals surface area contributed by atoms with Gasteiger partial charge in [0, 0.05) is 5.39 Å². The number of aryl methyl sites for hydroxylation is 1. The van der Waals surface area contributed by atoms with Gasteiger partial charge in [0.05, 0.1) is 17.0 Å². The summed E-state index contributed by atoms with van der Waals surface area (Å²) in [6, 6.07) is 29.0. The van der Waals surface area contributed by atoms with E-state index in [2.05, 4.69) is 4.98 Å². The molecule has 0 saturated heterocycles. The van der Waals surface area contributed by atoms with E-state index in [1.165, 1.54) is 23.0 Å². The summed E-state index contributed by atoms with van der Waals surface area (Å²) in [5, 5.41) is 1.52. The maximum atomic E-state index is 13.5. The van der Waals surface area contributed by atoms with Gasteiger partial charge >= 0.3 is 5.97 Å². The highest BCUT2D eigenvalue weighted by atomic mass is 32.2. The lowest BCUT2D eigenvalue weighted by molar-refractivity contribution is -0.134. The molecule has 35 heavy (non-hydrogen) atoms. The predicted octanol–water partition coefficient (Wildman–Crippen LogP) is 5.31. The van der Waals surface area contributed by atoms with E-state index in [9.17, 15) is 13.2 Å². The molecule has 174 valence electrons. The second-order valence-corrected chi connectivity index (χ2v) is 10.0. The number of fused-ring (bicyclic) bond motifs is 1. The summed E-state index contributed by atoms with van der Waals surface area (Å²) in [6.07, 6.45) is 1.37. The van der Waals surface area contributed by atoms with Crippen molar-refractivity contribution >= 4 is 26.6 Å². The average Bonchev–Trinajstić information content (AvgIpc) is 3.28. The summed E-state index contributed by atoms with van der Waals surface area (Å²) >= 11 is 0. The Labute approximate surface area is 203 Å². The van der Waals surface area contributed by atoms with E-state index in [4.69, 9.17) is 4.74 Å². The number of sulfone groups is 1. The summed E-state index contributed by atoms with van der Waals surface area (Å²) in [5.74, 6) is -0.721. The third-order valence-electron chi connectivity index (χ3n) is 5.71. The SMILES string of the molecule is Cc1ccc(S(=O)(=O)c2ncn(-c3cccc4ccccc34)c2OC(=O)Cc2ccccc2)cc1. The number of nitrogens with zero attached hydrogens (tertiary/aromatic N) is 2. The Bertz CT molecular complexity index is 1620. The van der Waals surface area contributed by atoms with Crippen LogP contribution in [-0.4, -0.2) is 23.9 Å². The number of benzene rings is 4. The van der Waals surface area contributed by atoms with Gasteiger partial charge in [0.25, 0.3) is 0 Å². The summed E-state index contributed by atoms with van der Waals surface area (Å²) in [6.45, 7) is 1.88. The Kier molecular flexibility index (Phi) is 5.93. The Morgan fingerprint density at radius 1 is 0.857 bits per heavy atom.